The lowest BCUT2D eigenvalue weighted by molar-refractivity contribution is 0.112. The molecule has 0 amide bonds. The minimum absolute atomic E-state index is 0.0224. The molecule has 0 aliphatic heterocycles. The zero-order valence-electron chi connectivity index (χ0n) is 5.93. The predicted molar refractivity (Wildman–Crippen MR) is 42.7 cm³/mol. The minimum Gasteiger partial charge on any atom is -0.298 e. The standard InChI is InChI=1S/C7H4N2O3/c10-4-5-1-6(8-11)3-7(2-5)9-12/h1-4H. The van der Waals surface area contributed by atoms with Crippen LogP contribution >= 0.6 is 0 Å². The number of nitrogens with zero attached hydrogens (tertiary/aromatic N) is 2. The zero-order chi connectivity index (χ0) is 8.97. The van der Waals surface area contributed by atoms with Gasteiger partial charge in [0.2, 0.25) is 0 Å². The summed E-state index contributed by atoms with van der Waals surface area (Å²) in [6, 6.07) is 3.75. The molecule has 0 spiro atoms. The molecule has 1 rings (SSSR count). The summed E-state index contributed by atoms with van der Waals surface area (Å²) in [6.45, 7) is 0. The Hall–Kier alpha value is -1.91. The topological polar surface area (TPSA) is 75.9 Å². The first-order valence-electron chi connectivity index (χ1n) is 3.07. The molecule has 0 heterocycles. The molecule has 0 saturated heterocycles. The van der Waals surface area contributed by atoms with Gasteiger partial charge in [0.1, 0.15) is 17.7 Å². The Kier molecular flexibility index (Phi) is 2.37. The maximum Gasteiger partial charge on any atom is 0.150 e. The van der Waals surface area contributed by atoms with Gasteiger partial charge in [-0.15, -0.1) is 9.81 Å². The molecule has 0 bridgehead atoms. The van der Waals surface area contributed by atoms with Crippen molar-refractivity contribution in [3.05, 3.63) is 33.6 Å². The van der Waals surface area contributed by atoms with E-state index in [-0.39, 0.29) is 16.9 Å². The molecular weight excluding hydrogens is 160 g/mol. The predicted octanol–water partition coefficient (Wildman–Crippen LogP) is 2.29. The maximum atomic E-state index is 10.3. The van der Waals surface area contributed by atoms with E-state index < -0.39 is 0 Å². The summed E-state index contributed by atoms with van der Waals surface area (Å²) in [5.41, 5.74) is 0.255. The van der Waals surface area contributed by atoms with Gasteiger partial charge in [-0.05, 0) is 28.6 Å². The fourth-order valence-corrected chi connectivity index (χ4v) is 0.791. The Morgan fingerprint density at radius 2 is 1.50 bits per heavy atom. The molecule has 0 saturated carbocycles. The molecule has 1 aromatic rings. The highest BCUT2D eigenvalue weighted by Crippen LogP contribution is 2.22. The number of carbonyl (C=O) groups is 1. The number of hydrogen-bond acceptors (Lipinski definition) is 5. The molecule has 5 nitrogen and oxygen atoms in total. The van der Waals surface area contributed by atoms with Crippen molar-refractivity contribution in [3.8, 4) is 0 Å². The van der Waals surface area contributed by atoms with E-state index in [2.05, 4.69) is 10.4 Å². The smallest absolute Gasteiger partial charge is 0.150 e. The summed E-state index contributed by atoms with van der Waals surface area (Å²) >= 11 is 0. The zero-order valence-corrected chi connectivity index (χ0v) is 5.93. The largest absolute Gasteiger partial charge is 0.298 e. The quantitative estimate of drug-likeness (QED) is 0.508. The number of nitroso groups, excluding NO2 is 2. The van der Waals surface area contributed by atoms with Crippen LogP contribution in [0.25, 0.3) is 0 Å². The van der Waals surface area contributed by atoms with Gasteiger partial charge in [0.25, 0.3) is 0 Å². The van der Waals surface area contributed by atoms with Crippen molar-refractivity contribution in [1.82, 2.24) is 0 Å². The van der Waals surface area contributed by atoms with Crippen molar-refractivity contribution >= 4 is 17.7 Å². The van der Waals surface area contributed by atoms with Gasteiger partial charge >= 0.3 is 0 Å². The van der Waals surface area contributed by atoms with Crippen LogP contribution < -0.4 is 0 Å². The van der Waals surface area contributed by atoms with Gasteiger partial charge in [0, 0.05) is 5.56 Å². The molecule has 0 N–H and O–H groups in total. The van der Waals surface area contributed by atoms with Crippen molar-refractivity contribution in [1.29, 1.82) is 0 Å². The van der Waals surface area contributed by atoms with E-state index >= 15 is 0 Å². The molecule has 0 radical (unpaired) electrons. The minimum atomic E-state index is 0.0224. The average molecular weight is 164 g/mol. The van der Waals surface area contributed by atoms with Gasteiger partial charge in [-0.2, -0.15) is 0 Å². The molecule has 12 heavy (non-hydrogen) atoms. The molecule has 5 heteroatoms. The molecule has 0 aromatic heterocycles. The normalized spacial score (nSPS) is 9.00. The van der Waals surface area contributed by atoms with Crippen LogP contribution in [-0.2, 0) is 0 Å². The van der Waals surface area contributed by atoms with Crippen LogP contribution in [0.2, 0.25) is 0 Å². The van der Waals surface area contributed by atoms with Crippen molar-refractivity contribution in [3.63, 3.8) is 0 Å². The van der Waals surface area contributed by atoms with Crippen molar-refractivity contribution < 1.29 is 4.79 Å². The SMILES string of the molecule is O=Cc1cc(N=O)cc(N=O)c1. The molecular formula is C7H4N2O3. The fraction of sp³-hybridized carbons (Fsp3) is 0. The maximum absolute atomic E-state index is 10.3. The number of hydrogen-bond donors (Lipinski definition) is 0. The van der Waals surface area contributed by atoms with Crippen LogP contribution in [0.1, 0.15) is 10.4 Å². The highest BCUT2D eigenvalue weighted by Gasteiger charge is 2.00. The van der Waals surface area contributed by atoms with Gasteiger partial charge in [-0.1, -0.05) is 0 Å². The van der Waals surface area contributed by atoms with E-state index in [1.165, 1.54) is 18.2 Å². The summed E-state index contributed by atoms with van der Waals surface area (Å²) in [4.78, 5) is 30.3. The highest BCUT2D eigenvalue weighted by atomic mass is 16.3. The summed E-state index contributed by atoms with van der Waals surface area (Å²) in [6.07, 6.45) is 0.517. The third kappa shape index (κ3) is 1.57. The Bertz CT molecular complexity index is 271. The third-order valence-corrected chi connectivity index (χ3v) is 1.27. The van der Waals surface area contributed by atoms with Crippen LogP contribution in [0.3, 0.4) is 0 Å². The Morgan fingerprint density at radius 3 is 1.83 bits per heavy atom. The van der Waals surface area contributed by atoms with Gasteiger partial charge in [-0.3, -0.25) is 4.79 Å². The number of aldehydes is 1. The van der Waals surface area contributed by atoms with Crippen LogP contribution in [-0.4, -0.2) is 6.29 Å². The lowest BCUT2D eigenvalue weighted by Gasteiger charge is -1.92. The van der Waals surface area contributed by atoms with Gasteiger partial charge in [0.15, 0.2) is 0 Å². The molecule has 0 aliphatic rings. The molecule has 0 aliphatic carbocycles. The van der Waals surface area contributed by atoms with Crippen LogP contribution in [0.15, 0.2) is 28.6 Å². The van der Waals surface area contributed by atoms with Crippen molar-refractivity contribution in [2.75, 3.05) is 0 Å². The van der Waals surface area contributed by atoms with E-state index in [0.29, 0.717) is 6.29 Å². The summed E-state index contributed by atoms with van der Waals surface area (Å²) < 4.78 is 0. The first-order valence-corrected chi connectivity index (χ1v) is 3.07. The second-order valence-corrected chi connectivity index (χ2v) is 2.08. The second kappa shape index (κ2) is 3.47. The fourth-order valence-electron chi connectivity index (χ4n) is 0.791. The molecule has 60 valence electrons. The molecule has 0 fully saturated rings. The van der Waals surface area contributed by atoms with Gasteiger partial charge in [-0.25, -0.2) is 0 Å². The summed E-state index contributed by atoms with van der Waals surface area (Å²) in [5.74, 6) is 0. The first-order chi connectivity index (χ1) is 5.80. The molecule has 0 unspecified atom stereocenters. The molecule has 0 atom stereocenters. The Balaban J connectivity index is 3.26. The van der Waals surface area contributed by atoms with Crippen LogP contribution in [0.4, 0.5) is 11.4 Å². The Morgan fingerprint density at radius 1 is 1.00 bits per heavy atom. The number of rotatable bonds is 3. The highest BCUT2D eigenvalue weighted by molar-refractivity contribution is 5.79. The lowest BCUT2D eigenvalue weighted by atomic mass is 10.2. The van der Waals surface area contributed by atoms with E-state index in [1.54, 1.807) is 0 Å². The van der Waals surface area contributed by atoms with Crippen LogP contribution in [0.5, 0.6) is 0 Å². The number of carbonyl (C=O) groups excluding carboxylic acids is 1. The Labute approximate surface area is 67.3 Å². The van der Waals surface area contributed by atoms with E-state index in [4.69, 9.17) is 0 Å². The molecule has 1 aromatic carbocycles. The van der Waals surface area contributed by atoms with E-state index in [1.807, 2.05) is 0 Å². The van der Waals surface area contributed by atoms with Crippen LogP contribution in [0, 0.1) is 9.81 Å². The third-order valence-electron chi connectivity index (χ3n) is 1.27. The van der Waals surface area contributed by atoms with Gasteiger partial charge < -0.3 is 0 Å². The monoisotopic (exact) mass is 164 g/mol. The summed E-state index contributed by atoms with van der Waals surface area (Å²) in [7, 11) is 0. The van der Waals surface area contributed by atoms with E-state index in [9.17, 15) is 14.6 Å². The van der Waals surface area contributed by atoms with Crippen molar-refractivity contribution in [2.45, 2.75) is 0 Å². The second-order valence-electron chi connectivity index (χ2n) is 2.08. The lowest BCUT2D eigenvalue weighted by Crippen LogP contribution is -1.77. The van der Waals surface area contributed by atoms with Crippen molar-refractivity contribution in [2.24, 2.45) is 10.4 Å². The van der Waals surface area contributed by atoms with E-state index in [0.717, 1.165) is 0 Å². The first kappa shape index (κ1) is 8.19. The van der Waals surface area contributed by atoms with Gasteiger partial charge in [0.05, 0.1) is 0 Å². The number of benzene rings is 1. The average Bonchev–Trinajstić information content (AvgIpc) is 2.16. The summed E-state index contributed by atoms with van der Waals surface area (Å²) in [5, 5.41) is 5.16.